The fraction of sp³-hybridized carbons (Fsp3) is 0.462. The van der Waals surface area contributed by atoms with Crippen LogP contribution in [0.1, 0.15) is 36.8 Å². The number of hydrazone groups is 1. The average Bonchev–Trinajstić information content (AvgIpc) is 3.21. The Balaban J connectivity index is 1.23. The molecule has 8 nitrogen and oxygen atoms in total. The SMILES string of the molecule is Cc1ccc(/C(N)=N/N(N)C2CC(F)(F)C2)cc1-c1cnc2ccc(N3CC4(C3)CC(O)(C(F)F)C4)cn12. The molecule has 38 heavy (non-hydrogen) atoms. The highest BCUT2D eigenvalue weighted by molar-refractivity contribution is 5.98. The van der Waals surface area contributed by atoms with Crippen LogP contribution >= 0.6 is 0 Å². The molecular formula is C26H29F4N7O. The summed E-state index contributed by atoms with van der Waals surface area (Å²) >= 11 is 0. The maximum atomic E-state index is 13.2. The lowest BCUT2D eigenvalue weighted by atomic mass is 9.55. The maximum Gasteiger partial charge on any atom is 0.266 e. The largest absolute Gasteiger partial charge is 0.384 e. The Morgan fingerprint density at radius 3 is 2.55 bits per heavy atom. The summed E-state index contributed by atoms with van der Waals surface area (Å²) < 4.78 is 54.5. The maximum absolute atomic E-state index is 13.2. The van der Waals surface area contributed by atoms with Gasteiger partial charge in [-0.1, -0.05) is 12.1 Å². The number of alkyl halides is 4. The second kappa shape index (κ2) is 8.31. The molecule has 0 unspecified atom stereocenters. The number of benzene rings is 1. The molecule has 3 heterocycles. The number of anilines is 1. The van der Waals surface area contributed by atoms with Crippen molar-refractivity contribution in [2.75, 3.05) is 18.0 Å². The Morgan fingerprint density at radius 2 is 1.89 bits per heavy atom. The third-order valence-electron chi connectivity index (χ3n) is 8.15. The number of aromatic nitrogens is 2. The smallest absolute Gasteiger partial charge is 0.266 e. The van der Waals surface area contributed by atoms with Gasteiger partial charge in [-0.2, -0.15) is 0 Å². The van der Waals surface area contributed by atoms with Crippen LogP contribution in [0.2, 0.25) is 0 Å². The fourth-order valence-electron chi connectivity index (χ4n) is 6.06. The van der Waals surface area contributed by atoms with E-state index in [9.17, 15) is 22.7 Å². The standard InChI is InChI=1S/C26H29F4N7O/c1-15-2-3-16(22(31)34-37(32)18-7-26(29,30)8-18)6-19(15)20-9-33-21-5-4-17(10-36(20)21)35-13-24(14-35)11-25(38,12-24)23(27)28/h2-6,9-10,18,23,38H,7-8,11-14,32H2,1H3,(H2,31,34). The molecule has 1 saturated heterocycles. The summed E-state index contributed by atoms with van der Waals surface area (Å²) in [5.74, 6) is 3.27. The first-order valence-electron chi connectivity index (χ1n) is 12.5. The van der Waals surface area contributed by atoms with E-state index in [0.29, 0.717) is 18.7 Å². The van der Waals surface area contributed by atoms with E-state index >= 15 is 0 Å². The summed E-state index contributed by atoms with van der Waals surface area (Å²) in [6, 6.07) is 8.85. The molecule has 6 rings (SSSR count). The van der Waals surface area contributed by atoms with Gasteiger partial charge in [0, 0.05) is 48.7 Å². The number of aliphatic hydroxyl groups is 1. The van der Waals surface area contributed by atoms with E-state index in [0.717, 1.165) is 33.3 Å². The Morgan fingerprint density at radius 1 is 1.18 bits per heavy atom. The first kappa shape index (κ1) is 24.9. The Bertz CT molecular complexity index is 1420. The van der Waals surface area contributed by atoms with Crippen LogP contribution in [0.15, 0.2) is 47.8 Å². The Labute approximate surface area is 216 Å². The average molecular weight is 532 g/mol. The van der Waals surface area contributed by atoms with Crippen LogP contribution in [0.5, 0.6) is 0 Å². The molecular weight excluding hydrogens is 502 g/mol. The van der Waals surface area contributed by atoms with Crippen LogP contribution < -0.4 is 16.5 Å². The fourth-order valence-corrected chi connectivity index (χ4v) is 6.06. The summed E-state index contributed by atoms with van der Waals surface area (Å²) in [7, 11) is 0. The number of pyridine rings is 1. The van der Waals surface area contributed by atoms with Gasteiger partial charge in [0.15, 0.2) is 5.84 Å². The zero-order valence-corrected chi connectivity index (χ0v) is 20.8. The molecule has 202 valence electrons. The van der Waals surface area contributed by atoms with Crippen molar-refractivity contribution in [1.29, 1.82) is 0 Å². The topological polar surface area (TPSA) is 108 Å². The van der Waals surface area contributed by atoms with Gasteiger partial charge in [0.1, 0.15) is 11.2 Å². The molecule has 0 atom stereocenters. The Kier molecular flexibility index (Phi) is 5.45. The molecule has 0 amide bonds. The predicted molar refractivity (Wildman–Crippen MR) is 135 cm³/mol. The van der Waals surface area contributed by atoms with Crippen LogP contribution in [0, 0.1) is 12.3 Å². The van der Waals surface area contributed by atoms with Gasteiger partial charge in [-0.15, -0.1) is 5.10 Å². The van der Waals surface area contributed by atoms with Crippen molar-refractivity contribution in [2.45, 2.75) is 56.6 Å². The lowest BCUT2D eigenvalue weighted by molar-refractivity contribution is -0.209. The van der Waals surface area contributed by atoms with Gasteiger partial charge >= 0.3 is 0 Å². The number of imidazole rings is 1. The van der Waals surface area contributed by atoms with Crippen molar-refractivity contribution in [3.05, 3.63) is 53.9 Å². The molecule has 2 saturated carbocycles. The van der Waals surface area contributed by atoms with Crippen LogP contribution in [0.4, 0.5) is 23.2 Å². The predicted octanol–water partition coefficient (Wildman–Crippen LogP) is 3.50. The highest BCUT2D eigenvalue weighted by Gasteiger charge is 2.63. The highest BCUT2D eigenvalue weighted by atomic mass is 19.3. The zero-order valence-electron chi connectivity index (χ0n) is 20.8. The second-order valence-corrected chi connectivity index (χ2v) is 11.2. The van der Waals surface area contributed by atoms with E-state index in [-0.39, 0.29) is 36.9 Å². The van der Waals surface area contributed by atoms with Crippen LogP contribution in [0.25, 0.3) is 16.9 Å². The minimum Gasteiger partial charge on any atom is -0.384 e. The lowest BCUT2D eigenvalue weighted by Crippen LogP contribution is -2.70. The van der Waals surface area contributed by atoms with Gasteiger partial charge in [0.25, 0.3) is 12.3 Å². The molecule has 2 aliphatic carbocycles. The van der Waals surface area contributed by atoms with Crippen molar-refractivity contribution in [3.63, 3.8) is 0 Å². The molecule has 12 heteroatoms. The third kappa shape index (κ3) is 4.06. The van der Waals surface area contributed by atoms with Crippen molar-refractivity contribution >= 4 is 17.2 Å². The van der Waals surface area contributed by atoms with E-state index in [2.05, 4.69) is 15.0 Å². The molecule has 1 spiro atoms. The zero-order chi connectivity index (χ0) is 27.0. The van der Waals surface area contributed by atoms with Crippen LogP contribution in [-0.4, -0.2) is 62.5 Å². The molecule has 3 aromatic rings. The van der Waals surface area contributed by atoms with Gasteiger partial charge in [-0.3, -0.25) is 4.40 Å². The minimum atomic E-state index is -2.72. The molecule has 5 N–H and O–H groups in total. The van der Waals surface area contributed by atoms with E-state index < -0.39 is 24.0 Å². The summed E-state index contributed by atoms with van der Waals surface area (Å²) in [6.07, 6.45) is 0.529. The number of rotatable bonds is 6. The normalized spacial score (nSPS) is 21.9. The van der Waals surface area contributed by atoms with Gasteiger partial charge < -0.3 is 15.7 Å². The van der Waals surface area contributed by atoms with Crippen molar-refractivity contribution in [1.82, 2.24) is 14.5 Å². The molecule has 3 aliphatic rings. The van der Waals surface area contributed by atoms with E-state index in [1.807, 2.05) is 41.8 Å². The quantitative estimate of drug-likeness (QED) is 0.148. The van der Waals surface area contributed by atoms with Crippen molar-refractivity contribution in [3.8, 4) is 11.3 Å². The third-order valence-corrected chi connectivity index (χ3v) is 8.15. The molecule has 2 aromatic heterocycles. The number of nitrogens with zero attached hydrogens (tertiary/aromatic N) is 5. The van der Waals surface area contributed by atoms with Crippen molar-refractivity contribution in [2.24, 2.45) is 22.1 Å². The first-order valence-corrected chi connectivity index (χ1v) is 12.5. The number of halogens is 4. The number of hydrogen-bond donors (Lipinski definition) is 3. The summed E-state index contributed by atoms with van der Waals surface area (Å²) in [5, 5.41) is 15.1. The molecule has 1 aliphatic heterocycles. The van der Waals surface area contributed by atoms with Crippen LogP contribution in [-0.2, 0) is 0 Å². The summed E-state index contributed by atoms with van der Waals surface area (Å²) in [6.45, 7) is 3.19. The Hall–Kier alpha value is -3.38. The molecule has 0 bridgehead atoms. The molecule has 1 aromatic carbocycles. The van der Waals surface area contributed by atoms with Gasteiger partial charge in [-0.25, -0.2) is 33.5 Å². The highest BCUT2D eigenvalue weighted by Crippen LogP contribution is 2.56. The summed E-state index contributed by atoms with van der Waals surface area (Å²) in [4.78, 5) is 6.63. The van der Waals surface area contributed by atoms with E-state index in [1.165, 1.54) is 0 Å². The number of aryl methyl sites for hydroxylation is 1. The number of amidine groups is 1. The van der Waals surface area contributed by atoms with Crippen LogP contribution in [0.3, 0.4) is 0 Å². The van der Waals surface area contributed by atoms with Gasteiger partial charge in [-0.05, 0) is 43.5 Å². The number of hydrazine groups is 1. The lowest BCUT2D eigenvalue weighted by Gasteiger charge is -2.62. The number of fused-ring (bicyclic) bond motifs is 1. The van der Waals surface area contributed by atoms with Gasteiger partial charge in [0.2, 0.25) is 0 Å². The molecule has 3 fully saturated rings. The van der Waals surface area contributed by atoms with Gasteiger partial charge in [0.05, 0.1) is 23.6 Å². The summed E-state index contributed by atoms with van der Waals surface area (Å²) in [5.41, 5.74) is 8.99. The van der Waals surface area contributed by atoms with E-state index in [4.69, 9.17) is 11.6 Å². The molecule has 0 radical (unpaired) electrons. The number of nitrogens with two attached hydrogens (primary N) is 2. The second-order valence-electron chi connectivity index (χ2n) is 11.2. The monoisotopic (exact) mass is 531 g/mol. The first-order chi connectivity index (χ1) is 17.9. The van der Waals surface area contributed by atoms with Crippen molar-refractivity contribution < 1.29 is 22.7 Å². The van der Waals surface area contributed by atoms with E-state index in [1.54, 1.807) is 12.3 Å². The number of hydrogen-bond acceptors (Lipinski definition) is 6. The minimum absolute atomic E-state index is 0.116.